The summed E-state index contributed by atoms with van der Waals surface area (Å²) < 4.78 is 27.3. The van der Waals surface area contributed by atoms with Crippen LogP contribution >= 0.6 is 0 Å². The van der Waals surface area contributed by atoms with E-state index >= 15 is 0 Å². The number of carbonyl (C=O) groups is 1. The molecule has 1 aliphatic heterocycles. The number of aliphatic hydroxyl groups is 1. The van der Waals surface area contributed by atoms with Gasteiger partial charge in [-0.1, -0.05) is 24.3 Å². The molecular weight excluding hydrogens is 330 g/mol. The van der Waals surface area contributed by atoms with Gasteiger partial charge in [-0.3, -0.25) is 4.99 Å². The van der Waals surface area contributed by atoms with Crippen molar-refractivity contribution in [3.63, 3.8) is 0 Å². The van der Waals surface area contributed by atoms with Crippen LogP contribution in [0.4, 0.5) is 8.78 Å². The van der Waals surface area contributed by atoms with Crippen molar-refractivity contribution in [2.24, 2.45) is 10.9 Å². The number of benzene rings is 1. The van der Waals surface area contributed by atoms with E-state index in [0.29, 0.717) is 18.5 Å². The van der Waals surface area contributed by atoms with Gasteiger partial charge in [-0.15, -0.1) is 0 Å². The van der Waals surface area contributed by atoms with E-state index in [1.54, 1.807) is 24.5 Å². The lowest BCUT2D eigenvalue weighted by molar-refractivity contribution is -0.167. The summed E-state index contributed by atoms with van der Waals surface area (Å²) in [7, 11) is 0. The summed E-state index contributed by atoms with van der Waals surface area (Å²) >= 11 is 0. The largest absolute Gasteiger partial charge is 0.479 e. The SMILES string of the molecule is O=C(O)[C@](O)(c1ccccc1C[C@H]1CCN=CN1)[C@@H]1CCC(F)(F)C1. The molecule has 1 fully saturated rings. The zero-order chi connectivity index (χ0) is 18.1. The van der Waals surface area contributed by atoms with Crippen molar-refractivity contribution in [1.29, 1.82) is 0 Å². The Bertz CT molecular complexity index is 680. The summed E-state index contributed by atoms with van der Waals surface area (Å²) in [4.78, 5) is 16.0. The Balaban J connectivity index is 1.94. The molecule has 0 saturated heterocycles. The highest BCUT2D eigenvalue weighted by Gasteiger charge is 2.54. The molecule has 3 atom stereocenters. The molecule has 7 heteroatoms. The van der Waals surface area contributed by atoms with Crippen molar-refractivity contribution in [3.05, 3.63) is 35.4 Å². The summed E-state index contributed by atoms with van der Waals surface area (Å²) in [5.74, 6) is -5.41. The van der Waals surface area contributed by atoms with Gasteiger partial charge in [0.1, 0.15) is 0 Å². The quantitative estimate of drug-likeness (QED) is 0.760. The van der Waals surface area contributed by atoms with Gasteiger partial charge in [0.05, 0.1) is 6.34 Å². The predicted molar refractivity (Wildman–Crippen MR) is 88.9 cm³/mol. The van der Waals surface area contributed by atoms with Gasteiger partial charge in [0, 0.05) is 31.3 Å². The van der Waals surface area contributed by atoms with Crippen molar-refractivity contribution < 1.29 is 23.8 Å². The Labute approximate surface area is 144 Å². The minimum absolute atomic E-state index is 0.0154. The van der Waals surface area contributed by atoms with Crippen LogP contribution in [-0.4, -0.2) is 41.0 Å². The first-order valence-electron chi connectivity index (χ1n) is 8.49. The second kappa shape index (κ2) is 6.71. The van der Waals surface area contributed by atoms with Gasteiger partial charge < -0.3 is 15.5 Å². The fraction of sp³-hybridized carbons (Fsp3) is 0.556. The highest BCUT2D eigenvalue weighted by molar-refractivity contribution is 5.80. The Morgan fingerprint density at radius 1 is 1.36 bits per heavy atom. The third kappa shape index (κ3) is 3.51. The molecule has 2 aliphatic rings. The molecule has 1 aromatic rings. The monoisotopic (exact) mass is 352 g/mol. The van der Waals surface area contributed by atoms with Gasteiger partial charge >= 0.3 is 5.97 Å². The van der Waals surface area contributed by atoms with Crippen molar-refractivity contribution in [1.82, 2.24) is 5.32 Å². The number of alkyl halides is 2. The molecule has 1 saturated carbocycles. The molecule has 1 aromatic carbocycles. The van der Waals surface area contributed by atoms with E-state index in [-0.39, 0.29) is 18.0 Å². The Morgan fingerprint density at radius 3 is 2.72 bits per heavy atom. The minimum Gasteiger partial charge on any atom is -0.479 e. The zero-order valence-corrected chi connectivity index (χ0v) is 13.8. The van der Waals surface area contributed by atoms with Crippen LogP contribution in [0.1, 0.15) is 36.8 Å². The fourth-order valence-corrected chi connectivity index (χ4v) is 3.85. The van der Waals surface area contributed by atoms with Crippen molar-refractivity contribution >= 4 is 12.3 Å². The molecule has 0 amide bonds. The molecule has 0 spiro atoms. The Hall–Kier alpha value is -2.02. The standard InChI is InChI=1S/C18H22F2N2O3/c19-17(20)7-5-13(10-17)18(25,16(23)24)15-4-2-1-3-12(15)9-14-6-8-21-11-22-14/h1-4,11,13-14,25H,5-10H2,(H,21,22)(H,23,24)/t13-,14-,18-/m1/s1. The number of nitrogens with one attached hydrogen (secondary N) is 1. The highest BCUT2D eigenvalue weighted by atomic mass is 19.3. The topological polar surface area (TPSA) is 81.9 Å². The van der Waals surface area contributed by atoms with Crippen LogP contribution in [0, 0.1) is 5.92 Å². The summed E-state index contributed by atoms with van der Waals surface area (Å²) in [6, 6.07) is 6.76. The van der Waals surface area contributed by atoms with Crippen LogP contribution in [0.15, 0.2) is 29.3 Å². The molecule has 0 unspecified atom stereocenters. The lowest BCUT2D eigenvalue weighted by Crippen LogP contribution is -2.44. The molecule has 1 aliphatic carbocycles. The molecule has 25 heavy (non-hydrogen) atoms. The average Bonchev–Trinajstić information content (AvgIpc) is 2.96. The van der Waals surface area contributed by atoms with Gasteiger partial charge in [-0.2, -0.15) is 0 Å². The number of aliphatic carboxylic acids is 1. The lowest BCUT2D eigenvalue weighted by atomic mass is 9.77. The van der Waals surface area contributed by atoms with Gasteiger partial charge in [0.2, 0.25) is 5.92 Å². The zero-order valence-electron chi connectivity index (χ0n) is 13.8. The van der Waals surface area contributed by atoms with Crippen molar-refractivity contribution in [2.75, 3.05) is 6.54 Å². The summed E-state index contributed by atoms with van der Waals surface area (Å²) in [5.41, 5.74) is -1.43. The normalized spacial score (nSPS) is 27.5. The summed E-state index contributed by atoms with van der Waals surface area (Å²) in [6.07, 6.45) is 1.89. The number of carboxylic acid groups (broad SMARTS) is 1. The van der Waals surface area contributed by atoms with E-state index in [1.165, 1.54) is 6.07 Å². The molecule has 3 N–H and O–H groups in total. The lowest BCUT2D eigenvalue weighted by Gasteiger charge is -2.33. The number of halogens is 2. The van der Waals surface area contributed by atoms with E-state index in [1.807, 2.05) is 0 Å². The van der Waals surface area contributed by atoms with E-state index in [4.69, 9.17) is 0 Å². The molecule has 0 aromatic heterocycles. The highest BCUT2D eigenvalue weighted by Crippen LogP contribution is 2.48. The molecule has 136 valence electrons. The molecule has 0 radical (unpaired) electrons. The van der Waals surface area contributed by atoms with Crippen molar-refractivity contribution in [2.45, 2.75) is 49.7 Å². The third-order valence-corrected chi connectivity index (χ3v) is 5.22. The van der Waals surface area contributed by atoms with Crippen molar-refractivity contribution in [3.8, 4) is 0 Å². The van der Waals surface area contributed by atoms with Crippen LogP contribution in [0.25, 0.3) is 0 Å². The van der Waals surface area contributed by atoms with Crippen LogP contribution < -0.4 is 5.32 Å². The van der Waals surface area contributed by atoms with E-state index < -0.39 is 36.3 Å². The fourth-order valence-electron chi connectivity index (χ4n) is 3.85. The molecule has 5 nitrogen and oxygen atoms in total. The van der Waals surface area contributed by atoms with E-state index in [2.05, 4.69) is 10.3 Å². The Kier molecular flexibility index (Phi) is 4.77. The maximum Gasteiger partial charge on any atom is 0.340 e. The predicted octanol–water partition coefficient (Wildman–Crippen LogP) is 2.33. The molecule has 3 rings (SSSR count). The Morgan fingerprint density at radius 2 is 2.12 bits per heavy atom. The van der Waals surface area contributed by atoms with Gasteiger partial charge in [0.25, 0.3) is 0 Å². The van der Waals surface area contributed by atoms with E-state index in [9.17, 15) is 23.8 Å². The van der Waals surface area contributed by atoms with Crippen LogP contribution in [0.2, 0.25) is 0 Å². The van der Waals surface area contributed by atoms with Gasteiger partial charge in [0.15, 0.2) is 5.60 Å². The maximum absolute atomic E-state index is 13.6. The summed E-state index contributed by atoms with van der Waals surface area (Å²) in [5, 5.41) is 23.9. The number of aliphatic imine (C=N–C) groups is 1. The maximum atomic E-state index is 13.6. The smallest absolute Gasteiger partial charge is 0.340 e. The number of nitrogens with zero attached hydrogens (tertiary/aromatic N) is 1. The second-order valence-electron chi connectivity index (χ2n) is 6.92. The number of hydrogen-bond acceptors (Lipinski definition) is 4. The van der Waals surface area contributed by atoms with E-state index in [0.717, 1.165) is 6.42 Å². The first kappa shape index (κ1) is 17.8. The van der Waals surface area contributed by atoms with Crippen LogP contribution in [0.5, 0.6) is 0 Å². The van der Waals surface area contributed by atoms with Crippen LogP contribution in [0.3, 0.4) is 0 Å². The minimum atomic E-state index is -2.93. The van der Waals surface area contributed by atoms with Gasteiger partial charge in [-0.25, -0.2) is 13.6 Å². The molecule has 1 heterocycles. The first-order valence-corrected chi connectivity index (χ1v) is 8.49. The number of rotatable bonds is 5. The van der Waals surface area contributed by atoms with Gasteiger partial charge in [-0.05, 0) is 30.4 Å². The third-order valence-electron chi connectivity index (χ3n) is 5.22. The first-order chi connectivity index (χ1) is 11.8. The molecule has 0 bridgehead atoms. The van der Waals surface area contributed by atoms with Crippen LogP contribution in [-0.2, 0) is 16.8 Å². The number of hydrogen-bond donors (Lipinski definition) is 3. The molecular formula is C18H22F2N2O3. The second-order valence-corrected chi connectivity index (χ2v) is 6.92. The average molecular weight is 352 g/mol. The number of carboxylic acids is 1. The summed E-state index contributed by atoms with van der Waals surface area (Å²) in [6.45, 7) is 0.678.